The number of fused-ring (bicyclic) bond motifs is 1. The number of hydrogen-bond donors (Lipinski definition) is 0. The highest BCUT2D eigenvalue weighted by Crippen LogP contribution is 2.32. The van der Waals surface area contributed by atoms with Crippen LogP contribution in [0, 0.1) is 0 Å². The Bertz CT molecular complexity index is 714. The van der Waals surface area contributed by atoms with Gasteiger partial charge < -0.3 is 4.90 Å². The van der Waals surface area contributed by atoms with Crippen molar-refractivity contribution in [2.45, 2.75) is 44.8 Å². The molecule has 0 unspecified atom stereocenters. The van der Waals surface area contributed by atoms with Crippen LogP contribution in [0.25, 0.3) is 0 Å². The Morgan fingerprint density at radius 3 is 3.04 bits per heavy atom. The summed E-state index contributed by atoms with van der Waals surface area (Å²) in [5, 5.41) is 4.20. The summed E-state index contributed by atoms with van der Waals surface area (Å²) in [7, 11) is 0. The normalized spacial score (nSPS) is 23.6. The number of carbonyl (C=O) groups excluding carboxylic acids is 1. The number of benzene rings is 1. The first-order valence-electron chi connectivity index (χ1n) is 8.69. The Labute approximate surface area is 142 Å². The quantitative estimate of drug-likeness (QED) is 0.859. The van der Waals surface area contributed by atoms with E-state index in [9.17, 15) is 4.79 Å². The number of hydrogen-bond acceptors (Lipinski definition) is 4. The smallest absolute Gasteiger partial charge is 0.241 e. The van der Waals surface area contributed by atoms with Crippen LogP contribution in [0.2, 0.25) is 0 Å². The summed E-state index contributed by atoms with van der Waals surface area (Å²) >= 11 is 0. The van der Waals surface area contributed by atoms with Gasteiger partial charge in [0.05, 0.1) is 13.1 Å². The van der Waals surface area contributed by atoms with Crippen LogP contribution in [0.4, 0.5) is 5.69 Å². The predicted molar refractivity (Wildman–Crippen MR) is 91.7 cm³/mol. The molecule has 1 saturated heterocycles. The molecule has 126 valence electrons. The third kappa shape index (κ3) is 2.82. The molecule has 0 bridgehead atoms. The number of aromatic nitrogens is 3. The molecular formula is C18H23N5O. The summed E-state index contributed by atoms with van der Waals surface area (Å²) in [6, 6.07) is 8.86. The first-order valence-corrected chi connectivity index (χ1v) is 8.69. The molecule has 1 aromatic carbocycles. The maximum absolute atomic E-state index is 13.0. The van der Waals surface area contributed by atoms with Gasteiger partial charge in [-0.1, -0.05) is 18.2 Å². The zero-order valence-electron chi connectivity index (χ0n) is 14.0. The third-order valence-electron chi connectivity index (χ3n) is 5.18. The topological polar surface area (TPSA) is 54.3 Å². The molecule has 2 aliphatic heterocycles. The fraction of sp³-hybridized carbons (Fsp3) is 0.500. The van der Waals surface area contributed by atoms with Crippen LogP contribution >= 0.6 is 0 Å². The predicted octanol–water partition coefficient (Wildman–Crippen LogP) is 1.72. The van der Waals surface area contributed by atoms with E-state index in [-0.39, 0.29) is 11.9 Å². The molecule has 2 aliphatic rings. The maximum atomic E-state index is 13.0. The van der Waals surface area contributed by atoms with Crippen LogP contribution in [0.3, 0.4) is 0 Å². The molecule has 6 nitrogen and oxygen atoms in total. The molecule has 0 saturated carbocycles. The van der Waals surface area contributed by atoms with Crippen molar-refractivity contribution in [2.75, 3.05) is 18.0 Å². The molecule has 6 heteroatoms. The van der Waals surface area contributed by atoms with E-state index in [0.717, 1.165) is 38.0 Å². The van der Waals surface area contributed by atoms with E-state index >= 15 is 0 Å². The highest BCUT2D eigenvalue weighted by molar-refractivity contribution is 5.97. The molecule has 2 aromatic rings. The molecule has 2 atom stereocenters. The van der Waals surface area contributed by atoms with Crippen LogP contribution < -0.4 is 4.90 Å². The van der Waals surface area contributed by atoms with Crippen molar-refractivity contribution in [1.82, 2.24) is 19.7 Å². The average molecular weight is 325 g/mol. The van der Waals surface area contributed by atoms with Gasteiger partial charge in [-0.15, -0.1) is 0 Å². The molecule has 4 rings (SSSR count). The van der Waals surface area contributed by atoms with Crippen molar-refractivity contribution in [3.8, 4) is 0 Å². The standard InChI is InChI=1S/C18H23N5O/c1-14-9-15-5-2-3-7-17(15)23(14)18(24)11-21-8-4-6-16(21)10-22-13-19-12-20-22/h2-3,5,7,12-14,16H,4,6,8-11H2,1H3/t14-,16-/m0/s1. The summed E-state index contributed by atoms with van der Waals surface area (Å²) in [6.45, 7) is 4.40. The largest absolute Gasteiger partial charge is 0.308 e. The second-order valence-electron chi connectivity index (χ2n) is 6.83. The Kier molecular flexibility index (Phi) is 4.06. The van der Waals surface area contributed by atoms with E-state index in [1.807, 2.05) is 21.7 Å². The summed E-state index contributed by atoms with van der Waals surface area (Å²) < 4.78 is 1.86. The molecule has 0 aliphatic carbocycles. The fourth-order valence-corrected chi connectivity index (χ4v) is 4.05. The van der Waals surface area contributed by atoms with Crippen molar-refractivity contribution in [2.24, 2.45) is 0 Å². The molecule has 1 fully saturated rings. The zero-order chi connectivity index (χ0) is 16.5. The van der Waals surface area contributed by atoms with Gasteiger partial charge in [0.15, 0.2) is 0 Å². The SMILES string of the molecule is C[C@H]1Cc2ccccc2N1C(=O)CN1CCC[C@H]1Cn1cncn1. The Balaban J connectivity index is 1.45. The van der Waals surface area contributed by atoms with Crippen LogP contribution in [-0.2, 0) is 17.8 Å². The van der Waals surface area contributed by atoms with Gasteiger partial charge in [0.2, 0.25) is 5.91 Å². The third-order valence-corrected chi connectivity index (χ3v) is 5.18. The van der Waals surface area contributed by atoms with Gasteiger partial charge in [-0.25, -0.2) is 4.98 Å². The lowest BCUT2D eigenvalue weighted by atomic mass is 10.1. The van der Waals surface area contributed by atoms with Gasteiger partial charge in [0.25, 0.3) is 0 Å². The summed E-state index contributed by atoms with van der Waals surface area (Å²) in [4.78, 5) is 21.3. The zero-order valence-corrected chi connectivity index (χ0v) is 14.0. The van der Waals surface area contributed by atoms with Crippen LogP contribution in [-0.4, -0.2) is 50.7 Å². The number of carbonyl (C=O) groups is 1. The first kappa shape index (κ1) is 15.3. The average Bonchev–Trinajstić information content (AvgIpc) is 3.28. The minimum atomic E-state index is 0.206. The lowest BCUT2D eigenvalue weighted by Gasteiger charge is -2.28. The number of rotatable bonds is 4. The number of anilines is 1. The van der Waals surface area contributed by atoms with Crippen LogP contribution in [0.5, 0.6) is 0 Å². The number of para-hydroxylation sites is 1. The van der Waals surface area contributed by atoms with Crippen molar-refractivity contribution < 1.29 is 4.79 Å². The van der Waals surface area contributed by atoms with Crippen molar-refractivity contribution in [3.05, 3.63) is 42.5 Å². The van der Waals surface area contributed by atoms with E-state index < -0.39 is 0 Å². The van der Waals surface area contributed by atoms with E-state index in [1.54, 1.807) is 12.7 Å². The highest BCUT2D eigenvalue weighted by atomic mass is 16.2. The lowest BCUT2D eigenvalue weighted by molar-refractivity contribution is -0.120. The number of nitrogens with zero attached hydrogens (tertiary/aromatic N) is 5. The Hall–Kier alpha value is -2.21. The van der Waals surface area contributed by atoms with Gasteiger partial charge in [-0.3, -0.25) is 14.4 Å². The Morgan fingerprint density at radius 2 is 2.21 bits per heavy atom. The molecule has 3 heterocycles. The molecular weight excluding hydrogens is 302 g/mol. The fourth-order valence-electron chi connectivity index (χ4n) is 4.05. The van der Waals surface area contributed by atoms with Gasteiger partial charge in [0, 0.05) is 17.8 Å². The van der Waals surface area contributed by atoms with Gasteiger partial charge in [-0.05, 0) is 44.4 Å². The van der Waals surface area contributed by atoms with Crippen LogP contribution in [0.15, 0.2) is 36.9 Å². The summed E-state index contributed by atoms with van der Waals surface area (Å²) in [5.41, 5.74) is 2.36. The van der Waals surface area contributed by atoms with Crippen molar-refractivity contribution >= 4 is 11.6 Å². The molecule has 0 radical (unpaired) electrons. The van der Waals surface area contributed by atoms with Crippen molar-refractivity contribution in [3.63, 3.8) is 0 Å². The van der Waals surface area contributed by atoms with E-state index in [4.69, 9.17) is 0 Å². The monoisotopic (exact) mass is 325 g/mol. The maximum Gasteiger partial charge on any atom is 0.241 e. The second kappa shape index (κ2) is 6.36. The van der Waals surface area contributed by atoms with Crippen LogP contribution in [0.1, 0.15) is 25.3 Å². The van der Waals surface area contributed by atoms with E-state index in [0.29, 0.717) is 12.6 Å². The molecule has 1 aromatic heterocycles. The summed E-state index contributed by atoms with van der Waals surface area (Å²) in [6.07, 6.45) is 6.51. The molecule has 24 heavy (non-hydrogen) atoms. The number of likely N-dealkylation sites (tertiary alicyclic amines) is 1. The van der Waals surface area contributed by atoms with E-state index in [1.165, 1.54) is 5.56 Å². The Morgan fingerprint density at radius 1 is 1.33 bits per heavy atom. The number of amides is 1. The molecule has 0 N–H and O–H groups in total. The minimum Gasteiger partial charge on any atom is -0.308 e. The van der Waals surface area contributed by atoms with Gasteiger partial charge >= 0.3 is 0 Å². The van der Waals surface area contributed by atoms with Gasteiger partial charge in [0.1, 0.15) is 12.7 Å². The van der Waals surface area contributed by atoms with E-state index in [2.05, 4.69) is 34.0 Å². The first-order chi connectivity index (χ1) is 11.7. The minimum absolute atomic E-state index is 0.206. The second-order valence-corrected chi connectivity index (χ2v) is 6.83. The summed E-state index contributed by atoms with van der Waals surface area (Å²) in [5.74, 6) is 0.206. The highest BCUT2D eigenvalue weighted by Gasteiger charge is 2.34. The molecule has 0 spiro atoms. The van der Waals surface area contributed by atoms with Crippen molar-refractivity contribution in [1.29, 1.82) is 0 Å². The molecule has 1 amide bonds. The van der Waals surface area contributed by atoms with Gasteiger partial charge in [-0.2, -0.15) is 5.10 Å². The lowest BCUT2D eigenvalue weighted by Crippen LogP contribution is -2.45.